The average Bonchev–Trinajstić information content (AvgIpc) is 3.15. The van der Waals surface area contributed by atoms with Gasteiger partial charge >= 0.3 is 11.7 Å². The number of carbonyl (C=O) groups excluding carboxylic acids is 3. The van der Waals surface area contributed by atoms with Gasteiger partial charge in [-0.1, -0.05) is 6.07 Å². The fourth-order valence-corrected chi connectivity index (χ4v) is 2.50. The smallest absolute Gasteiger partial charge is 0.331 e. The molecular weight excluding hydrogens is 358 g/mol. The number of hydrogen-bond acceptors (Lipinski definition) is 7. The van der Waals surface area contributed by atoms with Crippen LogP contribution >= 0.6 is 0 Å². The number of nitro groups is 1. The molecule has 0 spiro atoms. The normalized spacial score (nSPS) is 15.8. The van der Waals surface area contributed by atoms with E-state index < -0.39 is 22.8 Å². The highest BCUT2D eigenvalue weighted by molar-refractivity contribution is 6.30. The van der Waals surface area contributed by atoms with Gasteiger partial charge in [-0.15, -0.1) is 0 Å². The van der Waals surface area contributed by atoms with Crippen molar-refractivity contribution in [2.45, 2.75) is 6.54 Å². The molecule has 0 unspecified atom stereocenters. The Hall–Kier alpha value is -3.95. The van der Waals surface area contributed by atoms with E-state index in [1.807, 2.05) is 0 Å². The number of imide groups is 2. The topological polar surface area (TPSA) is 132 Å². The van der Waals surface area contributed by atoms with E-state index in [1.54, 1.807) is 12.1 Å². The van der Waals surface area contributed by atoms with Crippen LogP contribution in [0.5, 0.6) is 5.75 Å². The summed E-state index contributed by atoms with van der Waals surface area (Å²) in [5.41, 5.74) is -0.423. The first-order valence-corrected chi connectivity index (χ1v) is 7.64. The van der Waals surface area contributed by atoms with Crippen LogP contribution in [-0.2, 0) is 16.1 Å². The number of amides is 4. The van der Waals surface area contributed by atoms with Crippen molar-refractivity contribution < 1.29 is 28.5 Å². The average molecular weight is 371 g/mol. The molecule has 3 rings (SSSR count). The van der Waals surface area contributed by atoms with Crippen LogP contribution in [0.2, 0.25) is 0 Å². The molecule has 1 aliphatic heterocycles. The summed E-state index contributed by atoms with van der Waals surface area (Å²) in [5.74, 6) is -1.33. The third kappa shape index (κ3) is 3.54. The van der Waals surface area contributed by atoms with E-state index in [4.69, 9.17) is 9.15 Å². The molecule has 27 heavy (non-hydrogen) atoms. The lowest BCUT2D eigenvalue weighted by Crippen LogP contribution is -2.53. The van der Waals surface area contributed by atoms with Crippen LogP contribution in [-0.4, -0.2) is 34.8 Å². The maximum absolute atomic E-state index is 12.6. The Morgan fingerprint density at radius 3 is 2.70 bits per heavy atom. The third-order valence-electron chi connectivity index (χ3n) is 3.79. The highest BCUT2D eigenvalue weighted by Gasteiger charge is 2.36. The highest BCUT2D eigenvalue weighted by Crippen LogP contribution is 2.29. The molecule has 0 radical (unpaired) electrons. The van der Waals surface area contributed by atoms with Gasteiger partial charge in [0.25, 0.3) is 11.8 Å². The van der Waals surface area contributed by atoms with Crippen molar-refractivity contribution in [3.8, 4) is 5.75 Å². The zero-order valence-electron chi connectivity index (χ0n) is 14.0. The molecule has 4 amide bonds. The van der Waals surface area contributed by atoms with Gasteiger partial charge in [0.15, 0.2) is 5.75 Å². The van der Waals surface area contributed by atoms with Crippen molar-refractivity contribution in [3.63, 3.8) is 0 Å². The van der Waals surface area contributed by atoms with E-state index in [2.05, 4.69) is 5.32 Å². The molecule has 1 N–H and O–H groups in total. The lowest BCUT2D eigenvalue weighted by Gasteiger charge is -2.25. The highest BCUT2D eigenvalue weighted by atomic mass is 16.6. The van der Waals surface area contributed by atoms with Gasteiger partial charge in [-0.3, -0.25) is 29.9 Å². The van der Waals surface area contributed by atoms with E-state index in [-0.39, 0.29) is 29.1 Å². The molecule has 0 atom stereocenters. The molecule has 2 aromatic rings. The van der Waals surface area contributed by atoms with Crippen molar-refractivity contribution in [1.29, 1.82) is 0 Å². The summed E-state index contributed by atoms with van der Waals surface area (Å²) in [7, 11) is 1.29. The number of barbiturate groups is 1. The fourth-order valence-electron chi connectivity index (χ4n) is 2.50. The SMILES string of the molecule is COc1ccc(/C=C2\C(=O)NC(=O)N(Cc3ccco3)C2=O)cc1[N+](=O)[O-]. The molecule has 0 saturated carbocycles. The fraction of sp³-hybridized carbons (Fsp3) is 0.118. The van der Waals surface area contributed by atoms with E-state index >= 15 is 0 Å². The minimum atomic E-state index is -0.890. The number of carbonyl (C=O) groups is 3. The van der Waals surface area contributed by atoms with Gasteiger partial charge in [-0.25, -0.2) is 4.79 Å². The second-order valence-electron chi connectivity index (χ2n) is 5.48. The van der Waals surface area contributed by atoms with Crippen LogP contribution in [0.25, 0.3) is 6.08 Å². The van der Waals surface area contributed by atoms with Crippen molar-refractivity contribution in [2.24, 2.45) is 0 Å². The molecule has 1 aliphatic rings. The number of nitrogens with one attached hydrogen (secondary N) is 1. The van der Waals surface area contributed by atoms with Gasteiger partial charge in [-0.05, 0) is 29.8 Å². The zero-order valence-corrected chi connectivity index (χ0v) is 14.0. The summed E-state index contributed by atoms with van der Waals surface area (Å²) in [6, 6.07) is 6.26. The largest absolute Gasteiger partial charge is 0.490 e. The summed E-state index contributed by atoms with van der Waals surface area (Å²) in [6.07, 6.45) is 2.56. The van der Waals surface area contributed by atoms with Crippen LogP contribution in [0.3, 0.4) is 0 Å². The molecule has 1 fully saturated rings. The number of rotatable bonds is 5. The molecule has 138 valence electrons. The van der Waals surface area contributed by atoms with Gasteiger partial charge in [0.2, 0.25) is 0 Å². The van der Waals surface area contributed by atoms with Gasteiger partial charge in [0.05, 0.1) is 24.8 Å². The summed E-state index contributed by atoms with van der Waals surface area (Å²) in [5, 5.41) is 13.2. The van der Waals surface area contributed by atoms with E-state index in [0.29, 0.717) is 5.76 Å². The summed E-state index contributed by atoms with van der Waals surface area (Å²) >= 11 is 0. The Morgan fingerprint density at radius 2 is 2.07 bits per heavy atom. The number of nitrogens with zero attached hydrogens (tertiary/aromatic N) is 2. The molecular formula is C17H13N3O7. The molecule has 1 aromatic carbocycles. The van der Waals surface area contributed by atoms with Crippen molar-refractivity contribution in [3.05, 3.63) is 63.6 Å². The molecule has 10 heteroatoms. The Bertz CT molecular complexity index is 963. The van der Waals surface area contributed by atoms with Gasteiger partial charge in [0.1, 0.15) is 11.3 Å². The van der Waals surface area contributed by atoms with Crippen LogP contribution in [0.1, 0.15) is 11.3 Å². The molecule has 1 aromatic heterocycles. The van der Waals surface area contributed by atoms with Crippen LogP contribution < -0.4 is 10.1 Å². The lowest BCUT2D eigenvalue weighted by atomic mass is 10.1. The minimum absolute atomic E-state index is 0.0381. The van der Waals surface area contributed by atoms with Crippen molar-refractivity contribution in [2.75, 3.05) is 7.11 Å². The second kappa shape index (κ2) is 7.12. The summed E-state index contributed by atoms with van der Waals surface area (Å²) in [4.78, 5) is 47.9. The van der Waals surface area contributed by atoms with Crippen LogP contribution in [0.15, 0.2) is 46.6 Å². The maximum atomic E-state index is 12.6. The van der Waals surface area contributed by atoms with Gasteiger partial charge in [-0.2, -0.15) is 0 Å². The standard InChI is InChI=1S/C17H13N3O7/c1-26-14-5-4-10(8-13(14)20(24)25)7-12-15(21)18-17(23)19(16(12)22)9-11-3-2-6-27-11/h2-8H,9H2,1H3,(H,18,21,23)/b12-7+. The molecule has 10 nitrogen and oxygen atoms in total. The van der Waals surface area contributed by atoms with Crippen LogP contribution in [0, 0.1) is 10.1 Å². The zero-order chi connectivity index (χ0) is 19.6. The number of methoxy groups -OCH3 is 1. The molecule has 0 aliphatic carbocycles. The summed E-state index contributed by atoms with van der Waals surface area (Å²) in [6.45, 7) is -0.162. The van der Waals surface area contributed by atoms with E-state index in [1.165, 1.54) is 37.6 Å². The maximum Gasteiger partial charge on any atom is 0.331 e. The first kappa shape index (κ1) is 17.9. The van der Waals surface area contributed by atoms with Gasteiger partial charge in [0, 0.05) is 6.07 Å². The first-order valence-electron chi connectivity index (χ1n) is 7.64. The van der Waals surface area contributed by atoms with Crippen LogP contribution in [0.4, 0.5) is 10.5 Å². The number of urea groups is 1. The molecule has 0 bridgehead atoms. The number of hydrogen-bond donors (Lipinski definition) is 1. The van der Waals surface area contributed by atoms with Crippen molar-refractivity contribution >= 4 is 29.6 Å². The number of ether oxygens (including phenoxy) is 1. The predicted molar refractivity (Wildman–Crippen MR) is 90.4 cm³/mol. The minimum Gasteiger partial charge on any atom is -0.490 e. The second-order valence-corrected chi connectivity index (χ2v) is 5.48. The Balaban J connectivity index is 1.95. The van der Waals surface area contributed by atoms with Crippen molar-refractivity contribution in [1.82, 2.24) is 10.2 Å². The third-order valence-corrected chi connectivity index (χ3v) is 3.79. The monoisotopic (exact) mass is 371 g/mol. The molecule has 2 heterocycles. The van der Waals surface area contributed by atoms with E-state index in [9.17, 15) is 24.5 Å². The predicted octanol–water partition coefficient (Wildman–Crippen LogP) is 1.86. The number of furan rings is 1. The molecule has 1 saturated heterocycles. The van der Waals surface area contributed by atoms with E-state index in [0.717, 1.165) is 4.90 Å². The number of benzene rings is 1. The Kier molecular flexibility index (Phi) is 4.71. The Labute approximate surface area is 152 Å². The summed E-state index contributed by atoms with van der Waals surface area (Å²) < 4.78 is 10.0. The Morgan fingerprint density at radius 1 is 1.30 bits per heavy atom. The van der Waals surface area contributed by atoms with Gasteiger partial charge < -0.3 is 9.15 Å². The lowest BCUT2D eigenvalue weighted by molar-refractivity contribution is -0.385. The first-order chi connectivity index (χ1) is 12.9. The number of nitro benzene ring substituents is 1. The quantitative estimate of drug-likeness (QED) is 0.367.